The van der Waals surface area contributed by atoms with Crippen LogP contribution in [0.1, 0.15) is 22.5 Å². The third kappa shape index (κ3) is 3.81. The highest BCUT2D eigenvalue weighted by Crippen LogP contribution is 2.29. The van der Waals surface area contributed by atoms with E-state index in [9.17, 15) is 14.0 Å². The predicted molar refractivity (Wildman–Crippen MR) is 106 cm³/mol. The highest BCUT2D eigenvalue weighted by Gasteiger charge is 2.27. The van der Waals surface area contributed by atoms with Crippen molar-refractivity contribution in [1.82, 2.24) is 10.2 Å². The second-order valence-electron chi connectivity index (χ2n) is 6.27. The van der Waals surface area contributed by atoms with Gasteiger partial charge in [-0.1, -0.05) is 36.1 Å². The van der Waals surface area contributed by atoms with Gasteiger partial charge in [0.1, 0.15) is 22.0 Å². The fraction of sp³-hybridized carbons (Fsp3) is 0.211. The molecule has 0 radical (unpaired) electrons. The number of amides is 2. The molecular formula is C19H15FN2O3S2. The molecule has 8 heteroatoms. The van der Waals surface area contributed by atoms with Gasteiger partial charge in [0.15, 0.2) is 0 Å². The minimum Gasteiger partial charge on any atom is -0.457 e. The number of benzene rings is 1. The smallest absolute Gasteiger partial charge is 0.263 e. The van der Waals surface area contributed by atoms with Crippen LogP contribution in [0.4, 0.5) is 4.39 Å². The number of hydrogen-bond acceptors (Lipinski definition) is 5. The molecule has 2 fully saturated rings. The first-order valence-corrected chi connectivity index (χ1v) is 9.60. The van der Waals surface area contributed by atoms with Gasteiger partial charge in [-0.2, -0.15) is 0 Å². The zero-order valence-electron chi connectivity index (χ0n) is 14.1. The first kappa shape index (κ1) is 17.9. The largest absolute Gasteiger partial charge is 0.457 e. The van der Waals surface area contributed by atoms with E-state index in [-0.39, 0.29) is 18.4 Å². The molecule has 2 aliphatic rings. The molecule has 138 valence electrons. The normalized spacial score (nSPS) is 21.1. The molecule has 1 atom stereocenters. The highest BCUT2D eigenvalue weighted by atomic mass is 32.2. The summed E-state index contributed by atoms with van der Waals surface area (Å²) in [7, 11) is 0. The number of carbonyl (C=O) groups excluding carboxylic acids is 2. The molecule has 2 amide bonds. The standard InChI is InChI=1S/C19H15FN2O3S2/c20-13-6-7-22(10-13)18(24)12-3-1-2-11(8-12)15-5-4-14(25-15)9-16-17(23)21-19(26)27-16/h1-5,8-9,13H,6-7,10H2,(H,21,23,26)/b16-9+/t13-/m0/s1. The summed E-state index contributed by atoms with van der Waals surface area (Å²) in [6, 6.07) is 10.6. The number of likely N-dealkylation sites (tertiary alicyclic amines) is 1. The molecule has 1 N–H and O–H groups in total. The van der Waals surface area contributed by atoms with E-state index in [0.717, 1.165) is 5.56 Å². The van der Waals surface area contributed by atoms with Crippen molar-refractivity contribution in [2.45, 2.75) is 12.6 Å². The molecule has 0 saturated carbocycles. The number of furan rings is 1. The molecule has 2 aliphatic heterocycles. The number of nitrogens with one attached hydrogen (secondary N) is 1. The van der Waals surface area contributed by atoms with E-state index in [2.05, 4.69) is 5.32 Å². The summed E-state index contributed by atoms with van der Waals surface area (Å²) in [4.78, 5) is 26.3. The lowest BCUT2D eigenvalue weighted by Gasteiger charge is -2.15. The summed E-state index contributed by atoms with van der Waals surface area (Å²) in [5.41, 5.74) is 1.23. The lowest BCUT2D eigenvalue weighted by molar-refractivity contribution is -0.115. The Morgan fingerprint density at radius 1 is 1.37 bits per heavy atom. The van der Waals surface area contributed by atoms with Crippen molar-refractivity contribution >= 4 is 46.2 Å². The summed E-state index contributed by atoms with van der Waals surface area (Å²) in [5.74, 6) is 0.668. The van der Waals surface area contributed by atoms with E-state index >= 15 is 0 Å². The predicted octanol–water partition coefficient (Wildman–Crippen LogP) is 3.62. The molecule has 27 heavy (non-hydrogen) atoms. The molecule has 2 aromatic rings. The molecule has 2 saturated heterocycles. The van der Waals surface area contributed by atoms with Crippen molar-refractivity contribution in [3.8, 4) is 11.3 Å². The summed E-state index contributed by atoms with van der Waals surface area (Å²) in [5, 5.41) is 2.55. The van der Waals surface area contributed by atoms with Crippen molar-refractivity contribution in [3.05, 3.63) is 52.6 Å². The van der Waals surface area contributed by atoms with Crippen LogP contribution >= 0.6 is 24.0 Å². The minimum absolute atomic E-state index is 0.142. The van der Waals surface area contributed by atoms with E-state index in [4.69, 9.17) is 16.6 Å². The summed E-state index contributed by atoms with van der Waals surface area (Å²) in [6.07, 6.45) is 1.07. The average Bonchev–Trinajstić information content (AvgIpc) is 3.36. The summed E-state index contributed by atoms with van der Waals surface area (Å²) < 4.78 is 19.6. The van der Waals surface area contributed by atoms with Crippen LogP contribution in [0, 0.1) is 0 Å². The van der Waals surface area contributed by atoms with Crippen molar-refractivity contribution in [2.75, 3.05) is 13.1 Å². The number of halogens is 1. The number of rotatable bonds is 3. The topological polar surface area (TPSA) is 62.6 Å². The van der Waals surface area contributed by atoms with Crippen molar-refractivity contribution in [3.63, 3.8) is 0 Å². The Morgan fingerprint density at radius 3 is 2.93 bits per heavy atom. The molecular weight excluding hydrogens is 387 g/mol. The maximum atomic E-state index is 13.4. The third-order valence-corrected chi connectivity index (χ3v) is 5.52. The van der Waals surface area contributed by atoms with Crippen LogP contribution in [0.2, 0.25) is 0 Å². The Morgan fingerprint density at radius 2 is 2.22 bits per heavy atom. The van der Waals surface area contributed by atoms with Crippen LogP contribution in [-0.4, -0.2) is 40.3 Å². The quantitative estimate of drug-likeness (QED) is 0.628. The van der Waals surface area contributed by atoms with Gasteiger partial charge in [0, 0.05) is 23.7 Å². The maximum Gasteiger partial charge on any atom is 0.263 e. The lowest BCUT2D eigenvalue weighted by Crippen LogP contribution is -2.28. The van der Waals surface area contributed by atoms with E-state index in [1.807, 2.05) is 6.07 Å². The van der Waals surface area contributed by atoms with Crippen LogP contribution in [0.5, 0.6) is 0 Å². The van der Waals surface area contributed by atoms with Gasteiger partial charge in [0.2, 0.25) is 0 Å². The molecule has 0 bridgehead atoms. The molecule has 1 aromatic heterocycles. The van der Waals surface area contributed by atoms with Crippen LogP contribution in [0.15, 0.2) is 45.7 Å². The Bertz CT molecular complexity index is 969. The summed E-state index contributed by atoms with van der Waals surface area (Å²) in [6.45, 7) is 0.577. The van der Waals surface area contributed by atoms with E-state index in [1.165, 1.54) is 16.7 Å². The Kier molecular flexibility index (Phi) is 4.84. The number of thioether (sulfide) groups is 1. The highest BCUT2D eigenvalue weighted by molar-refractivity contribution is 8.26. The second-order valence-corrected chi connectivity index (χ2v) is 7.99. The zero-order valence-corrected chi connectivity index (χ0v) is 15.7. The molecule has 0 unspecified atom stereocenters. The first-order valence-electron chi connectivity index (χ1n) is 8.38. The van der Waals surface area contributed by atoms with Gasteiger partial charge >= 0.3 is 0 Å². The lowest BCUT2D eigenvalue weighted by atomic mass is 10.1. The van der Waals surface area contributed by atoms with E-state index in [0.29, 0.717) is 39.3 Å². The Hall–Kier alpha value is -2.45. The molecule has 5 nitrogen and oxygen atoms in total. The Labute approximate surface area is 164 Å². The SMILES string of the molecule is O=C1NC(=S)S/C1=C/c1ccc(-c2cccc(C(=O)N3CC[C@H](F)C3)c2)o1. The van der Waals surface area contributed by atoms with Gasteiger partial charge in [-0.05, 0) is 30.7 Å². The number of alkyl halides is 1. The van der Waals surface area contributed by atoms with Gasteiger partial charge in [-0.15, -0.1) is 0 Å². The van der Waals surface area contributed by atoms with E-state index < -0.39 is 6.17 Å². The van der Waals surface area contributed by atoms with Crippen LogP contribution in [0.25, 0.3) is 17.4 Å². The van der Waals surface area contributed by atoms with Crippen LogP contribution in [0.3, 0.4) is 0 Å². The van der Waals surface area contributed by atoms with Gasteiger partial charge in [0.25, 0.3) is 11.8 Å². The zero-order chi connectivity index (χ0) is 19.0. The first-order chi connectivity index (χ1) is 13.0. The number of carbonyl (C=O) groups is 2. The fourth-order valence-corrected chi connectivity index (χ4v) is 4.05. The molecule has 0 spiro atoms. The van der Waals surface area contributed by atoms with Gasteiger partial charge < -0.3 is 14.6 Å². The number of hydrogen-bond donors (Lipinski definition) is 1. The molecule has 3 heterocycles. The monoisotopic (exact) mass is 402 g/mol. The van der Waals surface area contributed by atoms with E-state index in [1.54, 1.807) is 36.4 Å². The molecule has 1 aromatic carbocycles. The van der Waals surface area contributed by atoms with Gasteiger partial charge in [-0.25, -0.2) is 4.39 Å². The number of thiocarbonyl (C=S) groups is 1. The number of nitrogens with zero attached hydrogens (tertiary/aromatic N) is 1. The van der Waals surface area contributed by atoms with Gasteiger partial charge in [0.05, 0.1) is 11.4 Å². The van der Waals surface area contributed by atoms with Crippen molar-refractivity contribution in [2.24, 2.45) is 0 Å². The van der Waals surface area contributed by atoms with Crippen molar-refractivity contribution < 1.29 is 18.4 Å². The molecule has 4 rings (SSSR count). The molecule has 0 aliphatic carbocycles. The second kappa shape index (κ2) is 7.28. The fourth-order valence-electron chi connectivity index (χ4n) is 3.03. The Balaban J connectivity index is 1.55. The van der Waals surface area contributed by atoms with Crippen molar-refractivity contribution in [1.29, 1.82) is 0 Å². The average molecular weight is 402 g/mol. The third-order valence-electron chi connectivity index (χ3n) is 4.35. The minimum atomic E-state index is -0.948. The summed E-state index contributed by atoms with van der Waals surface area (Å²) >= 11 is 6.15. The van der Waals surface area contributed by atoms with Crippen LogP contribution < -0.4 is 5.32 Å². The van der Waals surface area contributed by atoms with Gasteiger partial charge in [-0.3, -0.25) is 9.59 Å². The maximum absolute atomic E-state index is 13.4. The van der Waals surface area contributed by atoms with Crippen LogP contribution in [-0.2, 0) is 4.79 Å².